The lowest BCUT2D eigenvalue weighted by atomic mass is 9.97. The van der Waals surface area contributed by atoms with Crippen molar-refractivity contribution >= 4 is 17.0 Å². The van der Waals surface area contributed by atoms with Crippen LogP contribution in [0.3, 0.4) is 0 Å². The van der Waals surface area contributed by atoms with E-state index in [0.717, 1.165) is 49.5 Å². The average Bonchev–Trinajstić information content (AvgIpc) is 3.36. The lowest BCUT2D eigenvalue weighted by Gasteiger charge is -2.26. The topological polar surface area (TPSA) is 85.5 Å². The highest BCUT2D eigenvalue weighted by Gasteiger charge is 2.40. The highest BCUT2D eigenvalue weighted by atomic mass is 16.5. The van der Waals surface area contributed by atoms with Gasteiger partial charge in [-0.05, 0) is 26.7 Å². The Bertz CT molecular complexity index is 760. The van der Waals surface area contributed by atoms with Gasteiger partial charge < -0.3 is 24.0 Å². The molecule has 0 aromatic carbocycles. The molecule has 2 saturated heterocycles. The molecular weight excluding hydrogens is 334 g/mol. The zero-order valence-corrected chi connectivity index (χ0v) is 15.5. The number of rotatable bonds is 6. The second-order valence-electron chi connectivity index (χ2n) is 7.28. The molecule has 2 aliphatic rings. The molecule has 26 heavy (non-hydrogen) atoms. The van der Waals surface area contributed by atoms with Gasteiger partial charge in [0.15, 0.2) is 17.0 Å². The Morgan fingerprint density at radius 3 is 2.88 bits per heavy atom. The summed E-state index contributed by atoms with van der Waals surface area (Å²) in [4.78, 5) is 15.7. The number of ether oxygens (including phenoxy) is 2. The fourth-order valence-corrected chi connectivity index (χ4v) is 3.89. The van der Waals surface area contributed by atoms with Crippen molar-refractivity contribution in [2.75, 3.05) is 31.2 Å². The molecule has 0 aliphatic carbocycles. The molecule has 4 rings (SSSR count). The van der Waals surface area contributed by atoms with Gasteiger partial charge in [-0.2, -0.15) is 0 Å². The standard InChI is InChI=1S/C18H27N5O3/c1-3-22(9-14-5-4-7-26-14)16-15-17(20-11-19-16)23(12-21-15)10-18(24)6-8-25-13(18)2/h11-14,24H,3-10H2,1-2H3. The monoisotopic (exact) mass is 361 g/mol. The van der Waals surface area contributed by atoms with Crippen LogP contribution < -0.4 is 4.90 Å². The van der Waals surface area contributed by atoms with E-state index in [-0.39, 0.29) is 12.2 Å². The van der Waals surface area contributed by atoms with Crippen molar-refractivity contribution in [1.82, 2.24) is 19.5 Å². The predicted octanol–water partition coefficient (Wildman–Crippen LogP) is 1.37. The van der Waals surface area contributed by atoms with Crippen LogP contribution in [-0.4, -0.2) is 68.7 Å². The smallest absolute Gasteiger partial charge is 0.165 e. The van der Waals surface area contributed by atoms with Crippen LogP contribution >= 0.6 is 0 Å². The van der Waals surface area contributed by atoms with Gasteiger partial charge in [0.2, 0.25) is 0 Å². The van der Waals surface area contributed by atoms with Gasteiger partial charge in [-0.25, -0.2) is 15.0 Å². The lowest BCUT2D eigenvalue weighted by molar-refractivity contribution is -0.0382. The minimum absolute atomic E-state index is 0.201. The van der Waals surface area contributed by atoms with Gasteiger partial charge >= 0.3 is 0 Å². The summed E-state index contributed by atoms with van der Waals surface area (Å²) in [5, 5.41) is 10.9. The van der Waals surface area contributed by atoms with Crippen molar-refractivity contribution in [2.24, 2.45) is 0 Å². The Balaban J connectivity index is 1.62. The first kappa shape index (κ1) is 17.6. The van der Waals surface area contributed by atoms with E-state index < -0.39 is 5.60 Å². The normalized spacial score (nSPS) is 28.9. The number of anilines is 1. The maximum atomic E-state index is 10.9. The Morgan fingerprint density at radius 2 is 2.19 bits per heavy atom. The molecule has 0 radical (unpaired) electrons. The van der Waals surface area contributed by atoms with Crippen molar-refractivity contribution in [1.29, 1.82) is 0 Å². The third kappa shape index (κ3) is 3.17. The number of imidazole rings is 1. The second-order valence-corrected chi connectivity index (χ2v) is 7.28. The molecule has 1 N–H and O–H groups in total. The summed E-state index contributed by atoms with van der Waals surface area (Å²) in [5.41, 5.74) is 0.622. The van der Waals surface area contributed by atoms with Gasteiger partial charge in [-0.1, -0.05) is 0 Å². The molecule has 0 amide bonds. The van der Waals surface area contributed by atoms with E-state index >= 15 is 0 Å². The van der Waals surface area contributed by atoms with Crippen LogP contribution in [0.1, 0.15) is 33.1 Å². The molecule has 0 saturated carbocycles. The van der Waals surface area contributed by atoms with Gasteiger partial charge in [-0.15, -0.1) is 0 Å². The molecule has 2 aromatic heterocycles. The Hall–Kier alpha value is -1.77. The molecule has 2 aliphatic heterocycles. The average molecular weight is 361 g/mol. The van der Waals surface area contributed by atoms with Gasteiger partial charge in [0.05, 0.1) is 25.1 Å². The molecule has 4 heterocycles. The Morgan fingerprint density at radius 1 is 1.31 bits per heavy atom. The van der Waals surface area contributed by atoms with E-state index in [1.165, 1.54) is 0 Å². The summed E-state index contributed by atoms with van der Waals surface area (Å²) in [6, 6.07) is 0. The van der Waals surface area contributed by atoms with Crippen LogP contribution in [-0.2, 0) is 16.0 Å². The second kappa shape index (κ2) is 7.09. The lowest BCUT2D eigenvalue weighted by Crippen LogP contribution is -2.40. The maximum Gasteiger partial charge on any atom is 0.165 e. The van der Waals surface area contributed by atoms with Crippen LogP contribution in [0, 0.1) is 0 Å². The van der Waals surface area contributed by atoms with Crippen LogP contribution in [0.4, 0.5) is 5.82 Å². The number of likely N-dealkylation sites (N-methyl/N-ethyl adjacent to an activating group) is 1. The first-order valence-corrected chi connectivity index (χ1v) is 9.47. The van der Waals surface area contributed by atoms with Crippen LogP contribution in [0.5, 0.6) is 0 Å². The number of aliphatic hydroxyl groups is 1. The van der Waals surface area contributed by atoms with E-state index in [4.69, 9.17) is 9.47 Å². The van der Waals surface area contributed by atoms with Gasteiger partial charge in [0.1, 0.15) is 11.9 Å². The summed E-state index contributed by atoms with van der Waals surface area (Å²) in [5.74, 6) is 0.828. The summed E-state index contributed by atoms with van der Waals surface area (Å²) in [6.07, 6.45) is 6.19. The number of aromatic nitrogens is 4. The van der Waals surface area contributed by atoms with E-state index in [0.29, 0.717) is 19.6 Å². The highest BCUT2D eigenvalue weighted by Crippen LogP contribution is 2.30. The largest absolute Gasteiger partial charge is 0.385 e. The maximum absolute atomic E-state index is 10.9. The van der Waals surface area contributed by atoms with Crippen LogP contribution in [0.2, 0.25) is 0 Å². The summed E-state index contributed by atoms with van der Waals surface area (Å²) < 4.78 is 13.2. The zero-order chi connectivity index (χ0) is 18.1. The molecule has 0 spiro atoms. The van der Waals surface area contributed by atoms with Crippen molar-refractivity contribution in [3.05, 3.63) is 12.7 Å². The molecule has 8 heteroatoms. The summed E-state index contributed by atoms with van der Waals surface area (Å²) >= 11 is 0. The molecule has 3 atom stereocenters. The molecule has 142 valence electrons. The molecular formula is C18H27N5O3. The molecule has 2 fully saturated rings. The van der Waals surface area contributed by atoms with Crippen LogP contribution in [0.15, 0.2) is 12.7 Å². The van der Waals surface area contributed by atoms with E-state index in [2.05, 4.69) is 26.8 Å². The number of hydrogen-bond donors (Lipinski definition) is 1. The predicted molar refractivity (Wildman–Crippen MR) is 97.2 cm³/mol. The van der Waals surface area contributed by atoms with Gasteiger partial charge in [0, 0.05) is 32.7 Å². The van der Waals surface area contributed by atoms with E-state index in [1.807, 2.05) is 11.5 Å². The minimum atomic E-state index is -0.888. The van der Waals surface area contributed by atoms with Crippen molar-refractivity contribution in [2.45, 2.75) is 57.5 Å². The van der Waals surface area contributed by atoms with Crippen molar-refractivity contribution in [3.8, 4) is 0 Å². The first-order chi connectivity index (χ1) is 12.6. The molecule has 3 unspecified atom stereocenters. The highest BCUT2D eigenvalue weighted by molar-refractivity contribution is 5.83. The van der Waals surface area contributed by atoms with Gasteiger partial charge in [0.25, 0.3) is 0 Å². The van der Waals surface area contributed by atoms with Crippen molar-refractivity contribution in [3.63, 3.8) is 0 Å². The number of fused-ring (bicyclic) bond motifs is 1. The Labute approximate surface area is 153 Å². The molecule has 0 bridgehead atoms. The molecule has 2 aromatic rings. The molecule has 8 nitrogen and oxygen atoms in total. The first-order valence-electron chi connectivity index (χ1n) is 9.47. The fourth-order valence-electron chi connectivity index (χ4n) is 3.89. The Kier molecular flexibility index (Phi) is 4.81. The summed E-state index contributed by atoms with van der Waals surface area (Å²) in [6.45, 7) is 7.49. The van der Waals surface area contributed by atoms with Crippen molar-refractivity contribution < 1.29 is 14.6 Å². The number of hydrogen-bond acceptors (Lipinski definition) is 7. The SMILES string of the molecule is CCN(CC1CCCO1)c1ncnc2c1ncn2CC1(O)CCOC1C. The zero-order valence-electron chi connectivity index (χ0n) is 15.5. The minimum Gasteiger partial charge on any atom is -0.385 e. The summed E-state index contributed by atoms with van der Waals surface area (Å²) in [7, 11) is 0. The third-order valence-electron chi connectivity index (χ3n) is 5.61. The third-order valence-corrected chi connectivity index (χ3v) is 5.61. The van der Waals surface area contributed by atoms with Crippen LogP contribution in [0.25, 0.3) is 11.2 Å². The van der Waals surface area contributed by atoms with E-state index in [9.17, 15) is 5.11 Å². The van der Waals surface area contributed by atoms with E-state index in [1.54, 1.807) is 12.7 Å². The quantitative estimate of drug-likeness (QED) is 0.832. The number of nitrogens with zero attached hydrogens (tertiary/aromatic N) is 5. The fraction of sp³-hybridized carbons (Fsp3) is 0.722. The van der Waals surface area contributed by atoms with Gasteiger partial charge in [-0.3, -0.25) is 0 Å².